The third kappa shape index (κ3) is 2.88. The van der Waals surface area contributed by atoms with Gasteiger partial charge in [-0.15, -0.1) is 0 Å². The van der Waals surface area contributed by atoms with Crippen LogP contribution in [-0.2, 0) is 0 Å². The first-order chi connectivity index (χ1) is 7.60. The molecular formula is C10H14FNO4. The second-order valence-corrected chi connectivity index (χ2v) is 3.28. The quantitative estimate of drug-likeness (QED) is 0.664. The van der Waals surface area contributed by atoms with Crippen molar-refractivity contribution in [2.75, 3.05) is 13.7 Å². The van der Waals surface area contributed by atoms with Gasteiger partial charge in [0.25, 0.3) is 0 Å². The first-order valence-corrected chi connectivity index (χ1v) is 4.76. The summed E-state index contributed by atoms with van der Waals surface area (Å²) in [6.07, 6.45) is -1.60. The van der Waals surface area contributed by atoms with Crippen LogP contribution in [0.15, 0.2) is 12.3 Å². The minimum absolute atomic E-state index is 0.0131. The lowest BCUT2D eigenvalue weighted by atomic mass is 10.0. The molecule has 90 valence electrons. The third-order valence-electron chi connectivity index (χ3n) is 2.15. The van der Waals surface area contributed by atoms with Gasteiger partial charge in [-0.3, -0.25) is 0 Å². The molecule has 2 atom stereocenters. The molecule has 0 fully saturated rings. The Morgan fingerprint density at radius 1 is 1.50 bits per heavy atom. The fraction of sp³-hybridized carbons (Fsp3) is 0.500. The fourth-order valence-electron chi connectivity index (χ4n) is 1.32. The number of ether oxygens (including phenoxy) is 1. The van der Waals surface area contributed by atoms with E-state index in [9.17, 15) is 14.6 Å². The Labute approximate surface area is 92.1 Å². The summed E-state index contributed by atoms with van der Waals surface area (Å²) >= 11 is 0. The van der Waals surface area contributed by atoms with Crippen LogP contribution in [0.25, 0.3) is 0 Å². The zero-order valence-electron chi connectivity index (χ0n) is 8.80. The number of hydrogen-bond acceptors (Lipinski definition) is 5. The van der Waals surface area contributed by atoms with Crippen LogP contribution in [-0.4, -0.2) is 40.1 Å². The molecule has 6 heteroatoms. The summed E-state index contributed by atoms with van der Waals surface area (Å²) < 4.78 is 17.8. The average Bonchev–Trinajstić information content (AvgIpc) is 2.28. The predicted molar refractivity (Wildman–Crippen MR) is 53.4 cm³/mol. The maximum absolute atomic E-state index is 12.9. The minimum atomic E-state index is -1.34. The van der Waals surface area contributed by atoms with Crippen molar-refractivity contribution in [1.82, 2.24) is 4.98 Å². The Morgan fingerprint density at radius 2 is 2.19 bits per heavy atom. The van der Waals surface area contributed by atoms with Crippen molar-refractivity contribution < 1.29 is 24.4 Å². The van der Waals surface area contributed by atoms with E-state index in [2.05, 4.69) is 4.98 Å². The van der Waals surface area contributed by atoms with Gasteiger partial charge in [0.05, 0.1) is 19.4 Å². The lowest BCUT2D eigenvalue weighted by molar-refractivity contribution is 0.00256. The number of nitrogens with zero attached hydrogens (tertiary/aromatic N) is 1. The van der Waals surface area contributed by atoms with Crippen molar-refractivity contribution in [3.63, 3.8) is 0 Å². The van der Waals surface area contributed by atoms with Gasteiger partial charge in [-0.25, -0.2) is 9.37 Å². The van der Waals surface area contributed by atoms with E-state index in [1.807, 2.05) is 0 Å². The van der Waals surface area contributed by atoms with Crippen LogP contribution in [0.2, 0.25) is 0 Å². The molecule has 0 amide bonds. The number of aliphatic hydroxyl groups is 3. The van der Waals surface area contributed by atoms with Crippen LogP contribution in [0.4, 0.5) is 4.39 Å². The average molecular weight is 231 g/mol. The number of hydrogen-bond donors (Lipinski definition) is 3. The lowest BCUT2D eigenvalue weighted by Gasteiger charge is -2.18. The molecule has 0 aliphatic carbocycles. The van der Waals surface area contributed by atoms with Crippen molar-refractivity contribution in [1.29, 1.82) is 0 Å². The van der Waals surface area contributed by atoms with Crippen molar-refractivity contribution in [2.24, 2.45) is 0 Å². The number of halogens is 1. The molecule has 0 aliphatic rings. The number of pyridine rings is 1. The number of rotatable bonds is 5. The first kappa shape index (κ1) is 12.8. The minimum Gasteiger partial charge on any atom is -0.481 e. The number of aliphatic hydroxyl groups excluding tert-OH is 3. The van der Waals surface area contributed by atoms with Crippen LogP contribution >= 0.6 is 0 Å². The molecule has 1 aromatic heterocycles. The molecule has 0 saturated carbocycles. The summed E-state index contributed by atoms with van der Waals surface area (Å²) in [7, 11) is 1.33. The molecule has 0 aliphatic heterocycles. The Morgan fingerprint density at radius 3 is 2.75 bits per heavy atom. The Balaban J connectivity index is 2.96. The van der Waals surface area contributed by atoms with Gasteiger partial charge in [0, 0.05) is 12.2 Å². The summed E-state index contributed by atoms with van der Waals surface area (Å²) in [5.74, 6) is -0.586. The molecule has 1 rings (SSSR count). The number of aromatic nitrogens is 1. The number of methoxy groups -OCH3 is 1. The molecule has 2 unspecified atom stereocenters. The maximum atomic E-state index is 12.9. The molecule has 0 aromatic carbocycles. The highest BCUT2D eigenvalue weighted by molar-refractivity contribution is 5.29. The normalized spacial score (nSPS) is 14.6. The molecule has 1 aromatic rings. The van der Waals surface area contributed by atoms with Crippen LogP contribution in [0.1, 0.15) is 18.1 Å². The second-order valence-electron chi connectivity index (χ2n) is 3.28. The smallest absolute Gasteiger partial charge is 0.219 e. The monoisotopic (exact) mass is 231 g/mol. The van der Waals surface area contributed by atoms with Gasteiger partial charge in [0.2, 0.25) is 5.88 Å². The first-order valence-electron chi connectivity index (χ1n) is 4.76. The van der Waals surface area contributed by atoms with Gasteiger partial charge in [0.1, 0.15) is 11.9 Å². The second kappa shape index (κ2) is 5.74. The zero-order valence-corrected chi connectivity index (χ0v) is 8.80. The van der Waals surface area contributed by atoms with E-state index >= 15 is 0 Å². The molecule has 0 radical (unpaired) electrons. The van der Waals surface area contributed by atoms with Gasteiger partial charge >= 0.3 is 0 Å². The third-order valence-corrected chi connectivity index (χ3v) is 2.15. The van der Waals surface area contributed by atoms with Gasteiger partial charge in [-0.1, -0.05) is 0 Å². The van der Waals surface area contributed by atoms with E-state index in [-0.39, 0.29) is 24.5 Å². The summed E-state index contributed by atoms with van der Waals surface area (Å²) in [6, 6.07) is 1.04. The van der Waals surface area contributed by atoms with Crippen molar-refractivity contribution in [3.8, 4) is 5.88 Å². The van der Waals surface area contributed by atoms with E-state index in [4.69, 9.17) is 9.84 Å². The van der Waals surface area contributed by atoms with Gasteiger partial charge in [-0.2, -0.15) is 0 Å². The van der Waals surface area contributed by atoms with E-state index in [0.29, 0.717) is 0 Å². The van der Waals surface area contributed by atoms with Crippen LogP contribution in [0.5, 0.6) is 5.88 Å². The van der Waals surface area contributed by atoms with E-state index < -0.39 is 18.0 Å². The molecule has 0 saturated heterocycles. The Hall–Kier alpha value is -1.24. The SMILES string of the molecule is COc1ncc(F)cc1C(O)C(O)CCO. The molecule has 0 bridgehead atoms. The highest BCUT2D eigenvalue weighted by Crippen LogP contribution is 2.26. The summed E-state index contributed by atoms with van der Waals surface area (Å²) in [5.41, 5.74) is 0.0588. The predicted octanol–water partition coefficient (Wildman–Crippen LogP) is 0.00600. The Kier molecular flexibility index (Phi) is 4.60. The highest BCUT2D eigenvalue weighted by atomic mass is 19.1. The molecule has 16 heavy (non-hydrogen) atoms. The summed E-state index contributed by atoms with van der Waals surface area (Å²) in [4.78, 5) is 3.63. The van der Waals surface area contributed by atoms with Crippen molar-refractivity contribution in [2.45, 2.75) is 18.6 Å². The fourth-order valence-corrected chi connectivity index (χ4v) is 1.32. The highest BCUT2D eigenvalue weighted by Gasteiger charge is 2.22. The maximum Gasteiger partial charge on any atom is 0.219 e. The lowest BCUT2D eigenvalue weighted by Crippen LogP contribution is -2.20. The molecule has 5 nitrogen and oxygen atoms in total. The molecule has 0 spiro atoms. The largest absolute Gasteiger partial charge is 0.481 e. The summed E-state index contributed by atoms with van der Waals surface area (Å²) in [6.45, 7) is -0.275. The molecule has 1 heterocycles. The molecule has 3 N–H and O–H groups in total. The van der Waals surface area contributed by atoms with Crippen LogP contribution < -0.4 is 4.74 Å². The van der Waals surface area contributed by atoms with Gasteiger partial charge in [-0.05, 0) is 12.5 Å². The summed E-state index contributed by atoms with van der Waals surface area (Å²) in [5, 5.41) is 27.8. The van der Waals surface area contributed by atoms with E-state index in [1.165, 1.54) is 7.11 Å². The van der Waals surface area contributed by atoms with Crippen molar-refractivity contribution >= 4 is 0 Å². The van der Waals surface area contributed by atoms with E-state index in [0.717, 1.165) is 12.3 Å². The van der Waals surface area contributed by atoms with Gasteiger partial charge in [0.15, 0.2) is 0 Å². The van der Waals surface area contributed by atoms with Gasteiger partial charge < -0.3 is 20.1 Å². The van der Waals surface area contributed by atoms with Crippen molar-refractivity contribution in [3.05, 3.63) is 23.6 Å². The topological polar surface area (TPSA) is 82.8 Å². The molecular weight excluding hydrogens is 217 g/mol. The zero-order chi connectivity index (χ0) is 12.1. The van der Waals surface area contributed by atoms with Crippen LogP contribution in [0.3, 0.4) is 0 Å². The van der Waals surface area contributed by atoms with Crippen LogP contribution in [0, 0.1) is 5.82 Å². The van der Waals surface area contributed by atoms with E-state index in [1.54, 1.807) is 0 Å². The Bertz CT molecular complexity index is 348. The standard InChI is InChI=1S/C10H14FNO4/c1-16-10-7(4-6(11)5-12-10)9(15)8(14)2-3-13/h4-5,8-9,13-15H,2-3H2,1H3.